The molecule has 0 N–H and O–H groups in total. The van der Waals surface area contributed by atoms with Crippen molar-refractivity contribution in [3.63, 3.8) is 0 Å². The molecule has 2 atom stereocenters. The van der Waals surface area contributed by atoms with Crippen molar-refractivity contribution in [2.75, 3.05) is 6.61 Å². The molecular formula is C13H15ClO2. The molecular weight excluding hydrogens is 224 g/mol. The van der Waals surface area contributed by atoms with Crippen molar-refractivity contribution >= 4 is 17.6 Å². The van der Waals surface area contributed by atoms with Gasteiger partial charge in [0.05, 0.1) is 6.61 Å². The van der Waals surface area contributed by atoms with Gasteiger partial charge in [0, 0.05) is 11.4 Å². The highest BCUT2D eigenvalue weighted by Gasteiger charge is 2.39. The Balaban J connectivity index is 1.87. The highest BCUT2D eigenvalue weighted by atomic mass is 35.5. The van der Waals surface area contributed by atoms with Gasteiger partial charge in [0.15, 0.2) is 0 Å². The van der Waals surface area contributed by atoms with E-state index in [-0.39, 0.29) is 5.97 Å². The molecule has 2 nitrogen and oxygen atoms in total. The second-order valence-corrected chi connectivity index (χ2v) is 4.60. The average molecular weight is 239 g/mol. The Kier molecular flexibility index (Phi) is 3.49. The fourth-order valence-corrected chi connectivity index (χ4v) is 2.15. The molecule has 3 heteroatoms. The van der Waals surface area contributed by atoms with Crippen LogP contribution in [0.1, 0.15) is 31.2 Å². The lowest BCUT2D eigenvalue weighted by atomic mass is 10.1. The van der Waals surface area contributed by atoms with Crippen molar-refractivity contribution in [1.29, 1.82) is 0 Å². The molecule has 0 bridgehead atoms. The van der Waals surface area contributed by atoms with Gasteiger partial charge in [0.2, 0.25) is 0 Å². The lowest BCUT2D eigenvalue weighted by Crippen LogP contribution is -2.04. The molecule has 0 unspecified atom stereocenters. The number of halogens is 1. The molecule has 2 rings (SSSR count). The molecule has 1 aromatic rings. The molecule has 86 valence electrons. The van der Waals surface area contributed by atoms with Crippen molar-refractivity contribution in [3.8, 4) is 0 Å². The topological polar surface area (TPSA) is 26.3 Å². The highest BCUT2D eigenvalue weighted by molar-refractivity contribution is 6.30. The molecule has 16 heavy (non-hydrogen) atoms. The summed E-state index contributed by atoms with van der Waals surface area (Å²) in [6, 6.07) is 7.88. The zero-order valence-corrected chi connectivity index (χ0v) is 10.0. The van der Waals surface area contributed by atoms with Crippen LogP contribution in [0.2, 0.25) is 5.02 Å². The molecule has 1 aliphatic rings. The number of carbonyl (C=O) groups excluding carboxylic acids is 1. The van der Waals surface area contributed by atoms with Crippen LogP contribution in [0, 0.1) is 5.92 Å². The first-order chi connectivity index (χ1) is 7.70. The van der Waals surface area contributed by atoms with Crippen LogP contribution in [-0.4, -0.2) is 12.6 Å². The van der Waals surface area contributed by atoms with Crippen LogP contribution < -0.4 is 0 Å². The molecule has 1 aromatic carbocycles. The number of esters is 1. The third kappa shape index (κ3) is 2.76. The smallest absolute Gasteiger partial charge is 0.306 e. The van der Waals surface area contributed by atoms with Crippen molar-refractivity contribution in [2.24, 2.45) is 5.92 Å². The summed E-state index contributed by atoms with van der Waals surface area (Å²) in [5.74, 6) is 0.894. The first kappa shape index (κ1) is 11.5. The first-order valence-corrected chi connectivity index (χ1v) is 5.99. The van der Waals surface area contributed by atoms with Crippen LogP contribution in [0.15, 0.2) is 24.3 Å². The number of ether oxygens (including phenoxy) is 1. The number of hydrogen-bond donors (Lipinski definition) is 0. The Morgan fingerprint density at radius 3 is 2.75 bits per heavy atom. The van der Waals surface area contributed by atoms with Crippen LogP contribution >= 0.6 is 11.6 Å². The zero-order valence-electron chi connectivity index (χ0n) is 9.28. The van der Waals surface area contributed by atoms with Crippen molar-refractivity contribution < 1.29 is 9.53 Å². The summed E-state index contributed by atoms with van der Waals surface area (Å²) in [6.45, 7) is 2.30. The largest absolute Gasteiger partial charge is 0.466 e. The first-order valence-electron chi connectivity index (χ1n) is 5.61. The molecule has 1 saturated carbocycles. The van der Waals surface area contributed by atoms with Gasteiger partial charge >= 0.3 is 5.97 Å². The number of rotatable bonds is 4. The van der Waals surface area contributed by atoms with E-state index in [4.69, 9.17) is 16.3 Å². The van der Waals surface area contributed by atoms with Gasteiger partial charge in [-0.15, -0.1) is 0 Å². The van der Waals surface area contributed by atoms with E-state index in [0.29, 0.717) is 24.9 Å². The molecule has 1 fully saturated rings. The highest BCUT2D eigenvalue weighted by Crippen LogP contribution is 2.49. The van der Waals surface area contributed by atoms with Crippen LogP contribution in [-0.2, 0) is 9.53 Å². The quantitative estimate of drug-likeness (QED) is 0.752. The molecule has 0 saturated heterocycles. The van der Waals surface area contributed by atoms with Crippen LogP contribution in [0.3, 0.4) is 0 Å². The van der Waals surface area contributed by atoms with Crippen molar-refractivity contribution in [2.45, 2.75) is 25.7 Å². The van der Waals surface area contributed by atoms with E-state index in [2.05, 4.69) is 0 Å². The molecule has 0 radical (unpaired) electrons. The van der Waals surface area contributed by atoms with Crippen LogP contribution in [0.25, 0.3) is 0 Å². The van der Waals surface area contributed by atoms with E-state index in [0.717, 1.165) is 11.4 Å². The maximum atomic E-state index is 11.3. The van der Waals surface area contributed by atoms with Gasteiger partial charge in [-0.25, -0.2) is 0 Å². The number of benzene rings is 1. The van der Waals surface area contributed by atoms with Crippen LogP contribution in [0.4, 0.5) is 0 Å². The summed E-state index contributed by atoms with van der Waals surface area (Å²) < 4.78 is 4.94. The van der Waals surface area contributed by atoms with E-state index in [9.17, 15) is 4.79 Å². The lowest BCUT2D eigenvalue weighted by Gasteiger charge is -2.01. The minimum atomic E-state index is -0.0797. The van der Waals surface area contributed by atoms with Gasteiger partial charge in [-0.3, -0.25) is 4.79 Å². The Labute approximate surface area is 101 Å². The lowest BCUT2D eigenvalue weighted by molar-refractivity contribution is -0.143. The minimum Gasteiger partial charge on any atom is -0.466 e. The van der Waals surface area contributed by atoms with Gasteiger partial charge in [-0.2, -0.15) is 0 Å². The summed E-state index contributed by atoms with van der Waals surface area (Å²) in [5, 5.41) is 0.756. The fourth-order valence-electron chi connectivity index (χ4n) is 2.03. The van der Waals surface area contributed by atoms with Crippen LogP contribution in [0.5, 0.6) is 0 Å². The summed E-state index contributed by atoms with van der Waals surface area (Å²) >= 11 is 5.82. The molecule has 0 amide bonds. The Morgan fingerprint density at radius 2 is 2.12 bits per heavy atom. The summed E-state index contributed by atoms with van der Waals surface area (Å²) in [4.78, 5) is 11.3. The summed E-state index contributed by atoms with van der Waals surface area (Å²) in [7, 11) is 0. The maximum Gasteiger partial charge on any atom is 0.306 e. The van der Waals surface area contributed by atoms with Gasteiger partial charge in [0.1, 0.15) is 0 Å². The Hall–Kier alpha value is -1.02. The van der Waals surface area contributed by atoms with E-state index in [1.165, 1.54) is 5.56 Å². The predicted octanol–water partition coefficient (Wildman–Crippen LogP) is 3.40. The van der Waals surface area contributed by atoms with E-state index in [1.54, 1.807) is 0 Å². The molecule has 1 aliphatic carbocycles. The fraction of sp³-hybridized carbons (Fsp3) is 0.462. The third-order valence-electron chi connectivity index (χ3n) is 2.95. The average Bonchev–Trinajstić information content (AvgIpc) is 2.98. The zero-order chi connectivity index (χ0) is 11.5. The van der Waals surface area contributed by atoms with Crippen molar-refractivity contribution in [3.05, 3.63) is 34.9 Å². The second-order valence-electron chi connectivity index (χ2n) is 4.16. The number of hydrogen-bond acceptors (Lipinski definition) is 2. The maximum absolute atomic E-state index is 11.3. The van der Waals surface area contributed by atoms with Gasteiger partial charge < -0.3 is 4.74 Å². The van der Waals surface area contributed by atoms with E-state index in [1.807, 2.05) is 31.2 Å². The van der Waals surface area contributed by atoms with Gasteiger partial charge in [-0.05, 0) is 42.9 Å². The van der Waals surface area contributed by atoms with Crippen molar-refractivity contribution in [1.82, 2.24) is 0 Å². The standard InChI is InChI=1S/C13H15ClO2/c1-2-16-13(15)8-10-7-12(10)9-3-5-11(14)6-4-9/h3-6,10,12H,2,7-8H2,1H3/t10-,12-/m0/s1. The van der Waals surface area contributed by atoms with Gasteiger partial charge in [-0.1, -0.05) is 23.7 Å². The van der Waals surface area contributed by atoms with Gasteiger partial charge in [0.25, 0.3) is 0 Å². The summed E-state index contributed by atoms with van der Waals surface area (Å²) in [5.41, 5.74) is 1.28. The van der Waals surface area contributed by atoms with E-state index >= 15 is 0 Å². The van der Waals surface area contributed by atoms with E-state index < -0.39 is 0 Å². The SMILES string of the molecule is CCOC(=O)C[C@@H]1C[C@H]1c1ccc(Cl)cc1. The Bertz CT molecular complexity index is 372. The summed E-state index contributed by atoms with van der Waals surface area (Å²) in [6.07, 6.45) is 1.63. The second kappa shape index (κ2) is 4.88. The Morgan fingerprint density at radius 1 is 1.44 bits per heavy atom. The minimum absolute atomic E-state index is 0.0797. The predicted molar refractivity (Wildman–Crippen MR) is 63.6 cm³/mol. The number of carbonyl (C=O) groups is 1. The monoisotopic (exact) mass is 238 g/mol. The molecule has 0 aliphatic heterocycles. The third-order valence-corrected chi connectivity index (χ3v) is 3.21. The molecule has 0 aromatic heterocycles. The normalized spacial score (nSPS) is 22.9. The molecule has 0 spiro atoms. The molecule has 0 heterocycles.